The summed E-state index contributed by atoms with van der Waals surface area (Å²) in [5.41, 5.74) is 3.62. The first-order chi connectivity index (χ1) is 7.64. The summed E-state index contributed by atoms with van der Waals surface area (Å²) < 4.78 is 0. The number of rotatable bonds is 0. The van der Waals surface area contributed by atoms with Crippen molar-refractivity contribution in [3.05, 3.63) is 23.4 Å². The van der Waals surface area contributed by atoms with Gasteiger partial charge < -0.3 is 5.32 Å². The molecule has 4 atom stereocenters. The van der Waals surface area contributed by atoms with E-state index >= 15 is 0 Å². The third-order valence-electron chi connectivity index (χ3n) is 5.34. The molecule has 1 fully saturated rings. The Kier molecular flexibility index (Phi) is 2.21. The van der Waals surface area contributed by atoms with Gasteiger partial charge in [0, 0.05) is 17.2 Å². The molecule has 0 radical (unpaired) electrons. The van der Waals surface area contributed by atoms with Crippen molar-refractivity contribution < 1.29 is 0 Å². The van der Waals surface area contributed by atoms with Gasteiger partial charge in [0.25, 0.3) is 0 Å². The fourth-order valence-corrected chi connectivity index (χ4v) is 4.24. The Bertz CT molecular complexity index is 366. The molecule has 0 saturated heterocycles. The van der Waals surface area contributed by atoms with Crippen LogP contribution in [0.5, 0.6) is 0 Å². The van der Waals surface area contributed by atoms with E-state index in [0.717, 1.165) is 11.8 Å². The van der Waals surface area contributed by atoms with E-state index in [1.165, 1.54) is 31.4 Å². The summed E-state index contributed by atoms with van der Waals surface area (Å²) in [6, 6.07) is 0.700. The molecule has 3 aliphatic rings. The van der Waals surface area contributed by atoms with Crippen molar-refractivity contribution >= 4 is 0 Å². The fourth-order valence-electron chi connectivity index (χ4n) is 4.24. The fraction of sp³-hybridized carbons (Fsp3) is 0.733. The number of hydrogen-bond acceptors (Lipinski definition) is 1. The molecular weight excluding hydrogens is 194 g/mol. The summed E-state index contributed by atoms with van der Waals surface area (Å²) in [5.74, 6) is 1.57. The number of hydrogen-bond donors (Lipinski definition) is 1. The summed E-state index contributed by atoms with van der Waals surface area (Å²) in [5, 5.41) is 3.79. The highest BCUT2D eigenvalue weighted by Gasteiger charge is 2.50. The topological polar surface area (TPSA) is 12.0 Å². The van der Waals surface area contributed by atoms with E-state index in [1.807, 2.05) is 0 Å². The Hall–Kier alpha value is -0.720. The number of nitrogens with one attached hydrogen (secondary N) is 1. The first kappa shape index (κ1) is 10.4. The predicted molar refractivity (Wildman–Crippen MR) is 68.0 cm³/mol. The van der Waals surface area contributed by atoms with Crippen LogP contribution >= 0.6 is 0 Å². The summed E-state index contributed by atoms with van der Waals surface area (Å²) >= 11 is 0. The lowest BCUT2D eigenvalue weighted by Gasteiger charge is -2.45. The van der Waals surface area contributed by atoms with E-state index in [2.05, 4.69) is 38.2 Å². The van der Waals surface area contributed by atoms with Crippen molar-refractivity contribution in [3.63, 3.8) is 0 Å². The van der Waals surface area contributed by atoms with Gasteiger partial charge in [-0.15, -0.1) is 0 Å². The Balaban J connectivity index is 2.07. The second-order valence-electron chi connectivity index (χ2n) is 6.18. The molecule has 3 rings (SSSR count). The van der Waals surface area contributed by atoms with E-state index < -0.39 is 0 Å². The molecule has 0 aromatic carbocycles. The molecule has 0 amide bonds. The average Bonchev–Trinajstić information content (AvgIpc) is 2.55. The molecule has 0 bridgehead atoms. The zero-order chi connectivity index (χ0) is 11.3. The van der Waals surface area contributed by atoms with E-state index in [0.29, 0.717) is 11.5 Å². The van der Waals surface area contributed by atoms with Crippen LogP contribution in [0.15, 0.2) is 23.4 Å². The highest BCUT2D eigenvalue weighted by atomic mass is 15.0. The predicted octanol–water partition coefficient (Wildman–Crippen LogP) is 3.63. The Morgan fingerprint density at radius 2 is 2.12 bits per heavy atom. The van der Waals surface area contributed by atoms with Gasteiger partial charge in [0.05, 0.1) is 0 Å². The molecule has 1 heterocycles. The van der Waals surface area contributed by atoms with E-state index in [9.17, 15) is 0 Å². The van der Waals surface area contributed by atoms with Gasteiger partial charge in [0.15, 0.2) is 0 Å². The van der Waals surface area contributed by atoms with Gasteiger partial charge in [0.1, 0.15) is 0 Å². The quantitative estimate of drug-likeness (QED) is 0.653. The summed E-state index contributed by atoms with van der Waals surface area (Å²) in [6.45, 7) is 7.36. The zero-order valence-corrected chi connectivity index (χ0v) is 10.7. The van der Waals surface area contributed by atoms with Crippen LogP contribution in [0.1, 0.15) is 46.5 Å². The van der Waals surface area contributed by atoms with Crippen molar-refractivity contribution in [1.82, 2.24) is 5.32 Å². The molecule has 1 saturated carbocycles. The maximum atomic E-state index is 3.79. The van der Waals surface area contributed by atoms with Crippen LogP contribution in [-0.2, 0) is 0 Å². The number of fused-ring (bicyclic) bond motifs is 2. The van der Waals surface area contributed by atoms with Gasteiger partial charge in [-0.2, -0.15) is 0 Å². The molecule has 2 aliphatic carbocycles. The van der Waals surface area contributed by atoms with Crippen LogP contribution in [0.3, 0.4) is 0 Å². The van der Waals surface area contributed by atoms with Crippen molar-refractivity contribution in [2.24, 2.45) is 17.3 Å². The summed E-state index contributed by atoms with van der Waals surface area (Å²) in [4.78, 5) is 0. The van der Waals surface area contributed by atoms with Crippen LogP contribution in [-0.4, -0.2) is 6.04 Å². The van der Waals surface area contributed by atoms with Gasteiger partial charge in [-0.3, -0.25) is 0 Å². The maximum absolute atomic E-state index is 3.79. The Morgan fingerprint density at radius 1 is 1.31 bits per heavy atom. The lowest BCUT2D eigenvalue weighted by Crippen LogP contribution is -2.45. The van der Waals surface area contributed by atoms with Crippen molar-refractivity contribution in [3.8, 4) is 0 Å². The number of allylic oxidation sites excluding steroid dienone is 2. The largest absolute Gasteiger partial charge is 0.381 e. The minimum atomic E-state index is 0.428. The SMILES string of the molecule is CC1CC=CC2=C1C1(C)C(C)CCCC1N2. The molecule has 1 N–H and O–H groups in total. The molecule has 0 aromatic rings. The third kappa shape index (κ3) is 1.18. The first-order valence-electron chi connectivity index (χ1n) is 6.81. The molecule has 16 heavy (non-hydrogen) atoms. The lowest BCUT2D eigenvalue weighted by atomic mass is 9.60. The van der Waals surface area contributed by atoms with Crippen molar-refractivity contribution in [1.29, 1.82) is 0 Å². The standard InChI is InChI=1S/C15H23N/c1-10-6-4-8-12-14(10)15(3)11(2)7-5-9-13(15)16-12/h4,8,10-11,13,16H,5-7,9H2,1-3H3. The summed E-state index contributed by atoms with van der Waals surface area (Å²) in [6.07, 6.45) is 10.0. The second kappa shape index (κ2) is 3.38. The van der Waals surface area contributed by atoms with Gasteiger partial charge in [-0.05, 0) is 42.7 Å². The molecule has 1 heteroatoms. The summed E-state index contributed by atoms with van der Waals surface area (Å²) in [7, 11) is 0. The monoisotopic (exact) mass is 217 g/mol. The maximum Gasteiger partial charge on any atom is 0.0355 e. The van der Waals surface area contributed by atoms with Crippen LogP contribution in [0.2, 0.25) is 0 Å². The van der Waals surface area contributed by atoms with Crippen LogP contribution in [0, 0.1) is 17.3 Å². The molecule has 1 aliphatic heterocycles. The highest BCUT2D eigenvalue weighted by molar-refractivity contribution is 5.41. The normalized spacial score (nSPS) is 46.3. The Morgan fingerprint density at radius 3 is 2.94 bits per heavy atom. The zero-order valence-electron chi connectivity index (χ0n) is 10.7. The van der Waals surface area contributed by atoms with Crippen LogP contribution < -0.4 is 5.32 Å². The highest BCUT2D eigenvalue weighted by Crippen LogP contribution is 2.54. The van der Waals surface area contributed by atoms with Crippen molar-refractivity contribution in [2.75, 3.05) is 0 Å². The molecule has 1 nitrogen and oxygen atoms in total. The first-order valence-corrected chi connectivity index (χ1v) is 6.81. The van der Waals surface area contributed by atoms with E-state index in [-0.39, 0.29) is 0 Å². The molecular formula is C15H23N. The smallest absolute Gasteiger partial charge is 0.0355 e. The van der Waals surface area contributed by atoms with Crippen molar-refractivity contribution in [2.45, 2.75) is 52.5 Å². The minimum absolute atomic E-state index is 0.428. The second-order valence-corrected chi connectivity index (χ2v) is 6.18. The van der Waals surface area contributed by atoms with E-state index in [4.69, 9.17) is 0 Å². The Labute approximate surface area is 99.0 Å². The van der Waals surface area contributed by atoms with Gasteiger partial charge in [-0.1, -0.05) is 33.3 Å². The van der Waals surface area contributed by atoms with Crippen LogP contribution in [0.25, 0.3) is 0 Å². The van der Waals surface area contributed by atoms with Gasteiger partial charge in [0.2, 0.25) is 0 Å². The van der Waals surface area contributed by atoms with E-state index in [1.54, 1.807) is 5.57 Å². The van der Waals surface area contributed by atoms with Gasteiger partial charge >= 0.3 is 0 Å². The molecule has 0 spiro atoms. The molecule has 4 unspecified atom stereocenters. The van der Waals surface area contributed by atoms with Crippen LogP contribution in [0.4, 0.5) is 0 Å². The van der Waals surface area contributed by atoms with Gasteiger partial charge in [-0.25, -0.2) is 0 Å². The lowest BCUT2D eigenvalue weighted by molar-refractivity contribution is 0.133. The minimum Gasteiger partial charge on any atom is -0.381 e. The third-order valence-corrected chi connectivity index (χ3v) is 5.34. The molecule has 0 aromatic heterocycles. The molecule has 88 valence electrons. The average molecular weight is 217 g/mol.